The molecule has 0 spiro atoms. The van der Waals surface area contributed by atoms with Crippen molar-refractivity contribution in [2.45, 2.75) is 43.9 Å². The summed E-state index contributed by atoms with van der Waals surface area (Å²) >= 11 is 0. The quantitative estimate of drug-likeness (QED) is 0.770. The van der Waals surface area contributed by atoms with Crippen molar-refractivity contribution in [2.75, 3.05) is 6.54 Å². The zero-order chi connectivity index (χ0) is 15.5. The van der Waals surface area contributed by atoms with Crippen molar-refractivity contribution in [3.8, 4) is 0 Å². The van der Waals surface area contributed by atoms with Crippen LogP contribution in [0.3, 0.4) is 0 Å². The highest BCUT2D eigenvalue weighted by Crippen LogP contribution is 2.48. The molecule has 0 atom stereocenters. The molecule has 0 saturated heterocycles. The summed E-state index contributed by atoms with van der Waals surface area (Å²) in [6.45, 7) is 2.57. The van der Waals surface area contributed by atoms with E-state index in [1.165, 1.54) is 12.1 Å². The molecule has 1 saturated carbocycles. The molecule has 2 N–H and O–H groups in total. The molecular formula is C15H21NO4S. The molecule has 1 aliphatic rings. The van der Waals surface area contributed by atoms with Crippen LogP contribution in [0.4, 0.5) is 0 Å². The average Bonchev–Trinajstić information content (AvgIpc) is 3.24. The summed E-state index contributed by atoms with van der Waals surface area (Å²) in [5.74, 6) is -0.859. The van der Waals surface area contributed by atoms with Crippen LogP contribution in [-0.2, 0) is 21.2 Å². The van der Waals surface area contributed by atoms with Gasteiger partial charge in [-0.1, -0.05) is 19.1 Å². The van der Waals surface area contributed by atoms with E-state index in [1.54, 1.807) is 12.1 Å². The minimum atomic E-state index is -3.48. The Kier molecular flexibility index (Phi) is 4.68. The number of hydrogen-bond acceptors (Lipinski definition) is 3. The van der Waals surface area contributed by atoms with Gasteiger partial charge in [0.2, 0.25) is 10.0 Å². The molecule has 0 bridgehead atoms. The van der Waals surface area contributed by atoms with Crippen LogP contribution in [0, 0.1) is 5.41 Å². The topological polar surface area (TPSA) is 83.5 Å². The van der Waals surface area contributed by atoms with E-state index in [9.17, 15) is 13.2 Å². The van der Waals surface area contributed by atoms with E-state index in [2.05, 4.69) is 11.6 Å². The molecule has 0 radical (unpaired) electrons. The normalized spacial score (nSPS) is 16.6. The maximum absolute atomic E-state index is 12.2. The highest BCUT2D eigenvalue weighted by molar-refractivity contribution is 7.89. The molecule has 6 heteroatoms. The van der Waals surface area contributed by atoms with Gasteiger partial charge in [-0.25, -0.2) is 13.1 Å². The molecule has 2 rings (SSSR count). The molecule has 1 aromatic carbocycles. The standard InChI is InChI=1S/C15H21NO4S/c1-2-15(9-10-15)11-16-21(19,20)13-6-3-12(4-7-13)5-8-14(17)18/h3-4,6-7,16H,2,5,8-11H2,1H3,(H,17,18). The molecular weight excluding hydrogens is 290 g/mol. The Hall–Kier alpha value is -1.40. The summed E-state index contributed by atoms with van der Waals surface area (Å²) in [6, 6.07) is 6.41. The van der Waals surface area contributed by atoms with Crippen molar-refractivity contribution in [1.29, 1.82) is 0 Å². The lowest BCUT2D eigenvalue weighted by Crippen LogP contribution is -2.30. The van der Waals surface area contributed by atoms with Crippen LogP contribution >= 0.6 is 0 Å². The van der Waals surface area contributed by atoms with E-state index < -0.39 is 16.0 Å². The van der Waals surface area contributed by atoms with Crippen molar-refractivity contribution < 1.29 is 18.3 Å². The number of benzene rings is 1. The molecule has 5 nitrogen and oxygen atoms in total. The predicted octanol–water partition coefficient (Wildman–Crippen LogP) is 2.17. The Bertz CT molecular complexity index is 603. The smallest absolute Gasteiger partial charge is 0.303 e. The number of aryl methyl sites for hydroxylation is 1. The first-order valence-corrected chi connectivity index (χ1v) is 8.66. The molecule has 1 aromatic rings. The number of hydrogen-bond donors (Lipinski definition) is 2. The van der Waals surface area contributed by atoms with Crippen molar-refractivity contribution in [1.82, 2.24) is 4.72 Å². The van der Waals surface area contributed by atoms with Gasteiger partial charge in [0.05, 0.1) is 4.90 Å². The second kappa shape index (κ2) is 6.15. The lowest BCUT2D eigenvalue weighted by atomic mass is 10.1. The summed E-state index contributed by atoms with van der Waals surface area (Å²) < 4.78 is 27.1. The minimum Gasteiger partial charge on any atom is -0.481 e. The molecule has 0 aliphatic heterocycles. The van der Waals surface area contributed by atoms with Crippen molar-refractivity contribution >= 4 is 16.0 Å². The number of aliphatic carboxylic acids is 1. The molecule has 21 heavy (non-hydrogen) atoms. The number of rotatable bonds is 8. The maximum Gasteiger partial charge on any atom is 0.303 e. The molecule has 1 fully saturated rings. The fourth-order valence-electron chi connectivity index (χ4n) is 2.25. The molecule has 1 aliphatic carbocycles. The van der Waals surface area contributed by atoms with Gasteiger partial charge in [0, 0.05) is 13.0 Å². The summed E-state index contributed by atoms with van der Waals surface area (Å²) in [7, 11) is -3.48. The van der Waals surface area contributed by atoms with Gasteiger partial charge in [0.1, 0.15) is 0 Å². The summed E-state index contributed by atoms with van der Waals surface area (Å²) in [4.78, 5) is 10.7. The van der Waals surface area contributed by atoms with Crippen LogP contribution in [0.1, 0.15) is 38.2 Å². The third kappa shape index (κ3) is 4.28. The summed E-state index contributed by atoms with van der Waals surface area (Å²) in [5.41, 5.74) is 0.984. The van der Waals surface area contributed by atoms with Crippen LogP contribution in [0.5, 0.6) is 0 Å². The molecule has 0 heterocycles. The number of carboxylic acids is 1. The van der Waals surface area contributed by atoms with E-state index in [0.717, 1.165) is 24.8 Å². The van der Waals surface area contributed by atoms with Gasteiger partial charge in [-0.2, -0.15) is 0 Å². The first-order valence-electron chi connectivity index (χ1n) is 7.17. The van der Waals surface area contributed by atoms with Crippen molar-refractivity contribution in [3.05, 3.63) is 29.8 Å². The molecule has 0 aromatic heterocycles. The third-order valence-electron chi connectivity index (χ3n) is 4.21. The zero-order valence-corrected chi connectivity index (χ0v) is 12.9. The van der Waals surface area contributed by atoms with Crippen LogP contribution in [0.25, 0.3) is 0 Å². The molecule has 0 amide bonds. The van der Waals surface area contributed by atoms with Gasteiger partial charge in [-0.05, 0) is 48.8 Å². The molecule has 0 unspecified atom stereocenters. The van der Waals surface area contributed by atoms with Crippen LogP contribution in [-0.4, -0.2) is 26.0 Å². The van der Waals surface area contributed by atoms with Crippen LogP contribution < -0.4 is 4.72 Å². The second-order valence-corrected chi connectivity index (χ2v) is 7.48. The lowest BCUT2D eigenvalue weighted by molar-refractivity contribution is -0.136. The Morgan fingerprint density at radius 3 is 2.38 bits per heavy atom. The predicted molar refractivity (Wildman–Crippen MR) is 79.5 cm³/mol. The first-order chi connectivity index (χ1) is 9.87. The number of carbonyl (C=O) groups is 1. The largest absolute Gasteiger partial charge is 0.481 e. The Morgan fingerprint density at radius 1 is 1.29 bits per heavy atom. The van der Waals surface area contributed by atoms with E-state index in [-0.39, 0.29) is 16.7 Å². The lowest BCUT2D eigenvalue weighted by Gasteiger charge is -2.14. The highest BCUT2D eigenvalue weighted by atomic mass is 32.2. The van der Waals surface area contributed by atoms with Gasteiger partial charge in [0.15, 0.2) is 0 Å². The summed E-state index contributed by atoms with van der Waals surface area (Å²) in [5, 5.41) is 8.63. The second-order valence-electron chi connectivity index (χ2n) is 5.72. The van der Waals surface area contributed by atoms with E-state index >= 15 is 0 Å². The average molecular weight is 311 g/mol. The minimum absolute atomic E-state index is 0.0450. The zero-order valence-electron chi connectivity index (χ0n) is 12.1. The number of nitrogens with one attached hydrogen (secondary N) is 1. The van der Waals surface area contributed by atoms with Gasteiger partial charge in [0.25, 0.3) is 0 Å². The Morgan fingerprint density at radius 2 is 1.90 bits per heavy atom. The van der Waals surface area contributed by atoms with Crippen molar-refractivity contribution in [2.24, 2.45) is 5.41 Å². The van der Waals surface area contributed by atoms with Crippen LogP contribution in [0.2, 0.25) is 0 Å². The van der Waals surface area contributed by atoms with Gasteiger partial charge in [-0.3, -0.25) is 4.79 Å². The Balaban J connectivity index is 1.98. The fraction of sp³-hybridized carbons (Fsp3) is 0.533. The SMILES string of the molecule is CCC1(CNS(=O)(=O)c2ccc(CCC(=O)O)cc2)CC1. The monoisotopic (exact) mass is 311 g/mol. The van der Waals surface area contributed by atoms with Gasteiger partial charge >= 0.3 is 5.97 Å². The fourth-order valence-corrected chi connectivity index (χ4v) is 3.41. The van der Waals surface area contributed by atoms with E-state index in [1.807, 2.05) is 0 Å². The van der Waals surface area contributed by atoms with Gasteiger partial charge < -0.3 is 5.11 Å². The maximum atomic E-state index is 12.2. The number of sulfonamides is 1. The van der Waals surface area contributed by atoms with Gasteiger partial charge in [-0.15, -0.1) is 0 Å². The Labute approximate surface area is 125 Å². The first kappa shape index (κ1) is 16.0. The third-order valence-corrected chi connectivity index (χ3v) is 5.62. The highest BCUT2D eigenvalue weighted by Gasteiger charge is 2.41. The van der Waals surface area contributed by atoms with Crippen molar-refractivity contribution in [3.63, 3.8) is 0 Å². The number of carboxylic acid groups (broad SMARTS) is 1. The molecule has 116 valence electrons. The van der Waals surface area contributed by atoms with Crippen LogP contribution in [0.15, 0.2) is 29.2 Å². The van der Waals surface area contributed by atoms with E-state index in [0.29, 0.717) is 13.0 Å². The van der Waals surface area contributed by atoms with E-state index in [4.69, 9.17) is 5.11 Å². The summed E-state index contributed by atoms with van der Waals surface area (Å²) in [6.07, 6.45) is 3.61.